The molecule has 2 aromatic heterocycles. The number of nitrogens with zero attached hydrogens (tertiary/aromatic N) is 4. The lowest BCUT2D eigenvalue weighted by molar-refractivity contribution is -0.143. The van der Waals surface area contributed by atoms with E-state index in [2.05, 4.69) is 38.6 Å². The fourth-order valence-corrected chi connectivity index (χ4v) is 5.03. The zero-order valence-corrected chi connectivity index (χ0v) is 25.1. The van der Waals surface area contributed by atoms with Gasteiger partial charge in [-0.15, -0.1) is 0 Å². The molecule has 0 unspecified atom stereocenters. The Bertz CT molecular complexity index is 1770. The minimum absolute atomic E-state index is 0.0799. The van der Waals surface area contributed by atoms with Gasteiger partial charge in [0.15, 0.2) is 5.65 Å². The summed E-state index contributed by atoms with van der Waals surface area (Å²) in [5.41, 5.74) is 4.26. The number of aromatic amines is 1. The molecule has 0 radical (unpaired) electrons. The summed E-state index contributed by atoms with van der Waals surface area (Å²) in [6.45, 7) is 12.7. The van der Waals surface area contributed by atoms with Crippen molar-refractivity contribution in [3.05, 3.63) is 77.8 Å². The van der Waals surface area contributed by atoms with Crippen molar-refractivity contribution in [2.75, 3.05) is 31.1 Å². The Kier molecular flexibility index (Phi) is 8.42. The van der Waals surface area contributed by atoms with Gasteiger partial charge >= 0.3 is 5.97 Å². The van der Waals surface area contributed by atoms with Crippen LogP contribution in [-0.4, -0.2) is 47.3 Å². The lowest BCUT2D eigenvalue weighted by atomic mass is 9.92. The van der Waals surface area contributed by atoms with Gasteiger partial charge < -0.3 is 15.0 Å². The zero-order valence-electron chi connectivity index (χ0n) is 25.1. The Morgan fingerprint density at radius 3 is 2.49 bits per heavy atom. The van der Waals surface area contributed by atoms with Gasteiger partial charge in [-0.05, 0) is 70.0 Å². The minimum Gasteiger partial charge on any atom is -0.426 e. The molecule has 1 saturated heterocycles. The van der Waals surface area contributed by atoms with E-state index in [1.165, 1.54) is 12.1 Å². The minimum atomic E-state index is -0.748. The third-order valence-corrected chi connectivity index (χ3v) is 7.40. The van der Waals surface area contributed by atoms with Crippen LogP contribution in [0.15, 0.2) is 60.7 Å². The molecular weight excluding hydrogens is 543 g/mol. The van der Waals surface area contributed by atoms with Crippen molar-refractivity contribution in [2.24, 2.45) is 5.41 Å². The van der Waals surface area contributed by atoms with Crippen molar-refractivity contribution in [3.63, 3.8) is 0 Å². The number of hydrogen-bond acceptors (Lipinski definition) is 7. The molecule has 0 bridgehead atoms. The number of allylic oxidation sites excluding steroid dienone is 4. The first-order valence-corrected chi connectivity index (χ1v) is 14.3. The van der Waals surface area contributed by atoms with Crippen LogP contribution in [0.2, 0.25) is 0 Å². The van der Waals surface area contributed by atoms with Crippen LogP contribution in [0.3, 0.4) is 0 Å². The zero-order chi connectivity index (χ0) is 30.7. The monoisotopic (exact) mass is 578 g/mol. The van der Waals surface area contributed by atoms with Gasteiger partial charge in [-0.2, -0.15) is 10.4 Å². The second kappa shape index (κ2) is 12.2. The number of carbonyl (C=O) groups excluding carboxylic acids is 1. The number of H-pyrrole nitrogens is 1. The molecule has 43 heavy (non-hydrogen) atoms. The van der Waals surface area contributed by atoms with Crippen molar-refractivity contribution in [2.45, 2.75) is 34.6 Å². The van der Waals surface area contributed by atoms with Gasteiger partial charge in [0.05, 0.1) is 27.8 Å². The van der Waals surface area contributed by atoms with Gasteiger partial charge in [0, 0.05) is 49.1 Å². The number of fused-ring (bicyclic) bond motifs is 1. The fraction of sp³-hybridized carbons (Fsp3) is 0.294. The summed E-state index contributed by atoms with van der Waals surface area (Å²) in [4.78, 5) is 19.4. The average molecular weight is 579 g/mol. The topological polar surface area (TPSA) is 107 Å². The SMILES string of the molecule is C/C=C\C=C(/C)c1[nH]nc2nc(-c3ccc(OC(=O)C(C)(C)C)cc3F)c(C#N)c(-c3ccc(N4CCNCC4)cc3)c12. The molecule has 0 amide bonds. The van der Waals surface area contributed by atoms with Crippen molar-refractivity contribution < 1.29 is 13.9 Å². The van der Waals surface area contributed by atoms with E-state index in [4.69, 9.17) is 9.72 Å². The second-order valence-corrected chi connectivity index (χ2v) is 11.6. The van der Waals surface area contributed by atoms with Crippen LogP contribution in [-0.2, 0) is 4.79 Å². The Morgan fingerprint density at radius 2 is 1.86 bits per heavy atom. The molecular formula is C34H35FN6O2. The highest BCUT2D eigenvalue weighted by molar-refractivity contribution is 6.04. The maximum Gasteiger partial charge on any atom is 0.316 e. The molecule has 4 aromatic rings. The first-order chi connectivity index (χ1) is 20.6. The smallest absolute Gasteiger partial charge is 0.316 e. The number of halogens is 1. The molecule has 220 valence electrons. The number of nitrogens with one attached hydrogen (secondary N) is 2. The summed E-state index contributed by atoms with van der Waals surface area (Å²) in [5, 5.41) is 22.2. The van der Waals surface area contributed by atoms with Crippen molar-refractivity contribution in [1.82, 2.24) is 20.5 Å². The molecule has 1 aliphatic rings. The van der Waals surface area contributed by atoms with Crippen LogP contribution in [0.5, 0.6) is 5.75 Å². The van der Waals surface area contributed by atoms with Crippen LogP contribution in [0.25, 0.3) is 39.0 Å². The molecule has 1 aliphatic heterocycles. The number of carbonyl (C=O) groups is 1. The highest BCUT2D eigenvalue weighted by Crippen LogP contribution is 2.40. The first kappa shape index (κ1) is 29.7. The summed E-state index contributed by atoms with van der Waals surface area (Å²) in [6, 6.07) is 14.5. The number of aromatic nitrogens is 3. The molecule has 2 N–H and O–H groups in total. The van der Waals surface area contributed by atoms with Crippen LogP contribution in [0, 0.1) is 22.6 Å². The van der Waals surface area contributed by atoms with Crippen molar-refractivity contribution in [1.29, 1.82) is 5.26 Å². The number of ether oxygens (including phenoxy) is 1. The van der Waals surface area contributed by atoms with E-state index in [-0.39, 0.29) is 22.6 Å². The van der Waals surface area contributed by atoms with Crippen molar-refractivity contribution >= 4 is 28.3 Å². The van der Waals surface area contributed by atoms with Crippen LogP contribution < -0.4 is 15.0 Å². The van der Waals surface area contributed by atoms with E-state index in [0.29, 0.717) is 16.6 Å². The largest absolute Gasteiger partial charge is 0.426 e. The highest BCUT2D eigenvalue weighted by atomic mass is 19.1. The standard InChI is InChI=1S/C34H35FN6O2/c1-6-7-8-21(2)30-29-28(22-9-11-23(12-10-22)41-17-15-37-16-18-41)26(20-36)31(38-32(29)40-39-30)25-14-13-24(19-27(25)35)43-33(42)34(3,4)5/h6-14,19,37H,15-18H2,1-5H3,(H,38,39,40)/b7-6-,21-8+. The molecule has 0 spiro atoms. The third kappa shape index (κ3) is 6.06. The summed E-state index contributed by atoms with van der Waals surface area (Å²) in [7, 11) is 0. The predicted molar refractivity (Wildman–Crippen MR) is 168 cm³/mol. The van der Waals surface area contributed by atoms with E-state index in [9.17, 15) is 10.1 Å². The summed E-state index contributed by atoms with van der Waals surface area (Å²) < 4.78 is 21.1. The van der Waals surface area contributed by atoms with Crippen molar-refractivity contribution in [3.8, 4) is 34.2 Å². The normalized spacial score (nSPS) is 14.3. The molecule has 3 heterocycles. The number of benzene rings is 2. The summed E-state index contributed by atoms with van der Waals surface area (Å²) in [6.07, 6.45) is 5.82. The number of nitriles is 1. The lowest BCUT2D eigenvalue weighted by Crippen LogP contribution is -2.43. The third-order valence-electron chi connectivity index (χ3n) is 7.40. The Morgan fingerprint density at radius 1 is 1.14 bits per heavy atom. The summed E-state index contributed by atoms with van der Waals surface area (Å²) >= 11 is 0. The second-order valence-electron chi connectivity index (χ2n) is 11.6. The number of anilines is 1. The van der Waals surface area contributed by atoms with Crippen LogP contribution in [0.1, 0.15) is 45.9 Å². The van der Waals surface area contributed by atoms with Gasteiger partial charge in [-0.25, -0.2) is 9.37 Å². The quantitative estimate of drug-likeness (QED) is 0.150. The Balaban J connectivity index is 1.69. The first-order valence-electron chi connectivity index (χ1n) is 14.3. The van der Waals surface area contributed by atoms with Gasteiger partial charge in [-0.1, -0.05) is 30.4 Å². The van der Waals surface area contributed by atoms with Gasteiger partial charge in [0.2, 0.25) is 0 Å². The summed E-state index contributed by atoms with van der Waals surface area (Å²) in [5.74, 6) is -1.06. The fourth-order valence-electron chi connectivity index (χ4n) is 5.03. The Hall–Kier alpha value is -4.81. The number of rotatable bonds is 6. The van der Waals surface area contributed by atoms with Gasteiger partial charge in [-0.3, -0.25) is 9.89 Å². The molecule has 0 aliphatic carbocycles. The Labute approximate surface area is 250 Å². The van der Waals surface area contributed by atoms with Crippen LogP contribution in [0.4, 0.5) is 10.1 Å². The maximum atomic E-state index is 15.7. The number of pyridine rings is 1. The van der Waals surface area contributed by atoms with E-state index in [1.54, 1.807) is 20.8 Å². The van der Waals surface area contributed by atoms with E-state index >= 15 is 4.39 Å². The van der Waals surface area contributed by atoms with E-state index in [0.717, 1.165) is 54.8 Å². The highest BCUT2D eigenvalue weighted by Gasteiger charge is 2.26. The lowest BCUT2D eigenvalue weighted by Gasteiger charge is -2.29. The molecule has 5 rings (SSSR count). The van der Waals surface area contributed by atoms with Gasteiger partial charge in [0.25, 0.3) is 0 Å². The molecule has 0 atom stereocenters. The predicted octanol–water partition coefficient (Wildman–Crippen LogP) is 6.64. The molecule has 8 nitrogen and oxygen atoms in total. The number of hydrogen-bond donors (Lipinski definition) is 2. The molecule has 9 heteroatoms. The van der Waals surface area contributed by atoms with Gasteiger partial charge in [0.1, 0.15) is 17.6 Å². The average Bonchev–Trinajstić information content (AvgIpc) is 3.43. The van der Waals surface area contributed by atoms with E-state index in [1.807, 2.05) is 44.2 Å². The van der Waals surface area contributed by atoms with E-state index < -0.39 is 17.2 Å². The van der Waals surface area contributed by atoms with Crippen LogP contribution >= 0.6 is 0 Å². The number of piperazine rings is 1. The maximum absolute atomic E-state index is 15.7. The molecule has 1 fully saturated rings. The number of esters is 1. The molecule has 0 saturated carbocycles. The molecule has 2 aromatic carbocycles.